The van der Waals surface area contributed by atoms with Gasteiger partial charge in [0.05, 0.1) is 0 Å². The van der Waals surface area contributed by atoms with Gasteiger partial charge in [0.15, 0.2) is 0 Å². The lowest BCUT2D eigenvalue weighted by Gasteiger charge is -2.40. The molecule has 2 fully saturated rings. The minimum atomic E-state index is -1.12. The topological polar surface area (TPSA) is 95.7 Å². The summed E-state index contributed by atoms with van der Waals surface area (Å²) in [5.41, 5.74) is 6.05. The van der Waals surface area contributed by atoms with E-state index < -0.39 is 12.1 Å². The third kappa shape index (κ3) is 3.23. The number of nitrogens with zero attached hydrogens (tertiary/aromatic N) is 1. The molecule has 1 aliphatic carbocycles. The molecule has 1 saturated heterocycles. The Morgan fingerprint density at radius 2 is 2.20 bits per heavy atom. The van der Waals surface area contributed by atoms with Crippen LogP contribution in [0.3, 0.4) is 0 Å². The SMILES string of the molecule is CCC[C@@H]1C[C@H](N)CC[C@@H]1N1CC[C@H](NC(=O)O)C1=O. The molecule has 4 atom stereocenters. The van der Waals surface area contributed by atoms with Gasteiger partial charge in [0.25, 0.3) is 0 Å². The Morgan fingerprint density at radius 1 is 1.45 bits per heavy atom. The van der Waals surface area contributed by atoms with E-state index in [0.717, 1.165) is 32.1 Å². The van der Waals surface area contributed by atoms with Crippen molar-refractivity contribution in [1.82, 2.24) is 10.2 Å². The molecule has 1 saturated carbocycles. The van der Waals surface area contributed by atoms with E-state index >= 15 is 0 Å². The van der Waals surface area contributed by atoms with E-state index in [2.05, 4.69) is 12.2 Å². The summed E-state index contributed by atoms with van der Waals surface area (Å²) in [7, 11) is 0. The van der Waals surface area contributed by atoms with Crippen LogP contribution in [0.5, 0.6) is 0 Å². The van der Waals surface area contributed by atoms with Gasteiger partial charge in [-0.15, -0.1) is 0 Å². The number of nitrogens with two attached hydrogens (primary N) is 1. The zero-order chi connectivity index (χ0) is 14.7. The predicted molar refractivity (Wildman–Crippen MR) is 75.3 cm³/mol. The van der Waals surface area contributed by atoms with Crippen LogP contribution in [0.1, 0.15) is 45.4 Å². The van der Waals surface area contributed by atoms with Crippen LogP contribution >= 0.6 is 0 Å². The summed E-state index contributed by atoms with van der Waals surface area (Å²) in [5, 5.41) is 11.1. The monoisotopic (exact) mass is 283 g/mol. The fourth-order valence-electron chi connectivity index (χ4n) is 3.69. The van der Waals surface area contributed by atoms with Crippen LogP contribution in [0.15, 0.2) is 0 Å². The molecule has 2 amide bonds. The summed E-state index contributed by atoms with van der Waals surface area (Å²) in [6.45, 7) is 2.81. The van der Waals surface area contributed by atoms with Crippen molar-refractivity contribution in [3.05, 3.63) is 0 Å². The highest BCUT2D eigenvalue weighted by Gasteiger charge is 2.41. The van der Waals surface area contributed by atoms with Gasteiger partial charge in [0.1, 0.15) is 6.04 Å². The zero-order valence-electron chi connectivity index (χ0n) is 12.0. The molecule has 0 radical (unpaired) electrons. The molecule has 20 heavy (non-hydrogen) atoms. The summed E-state index contributed by atoms with van der Waals surface area (Å²) in [6, 6.07) is -0.0818. The lowest BCUT2D eigenvalue weighted by atomic mass is 9.79. The van der Waals surface area contributed by atoms with Gasteiger partial charge in [-0.25, -0.2) is 4.79 Å². The van der Waals surface area contributed by atoms with Gasteiger partial charge in [-0.1, -0.05) is 13.3 Å². The van der Waals surface area contributed by atoms with Gasteiger partial charge in [0, 0.05) is 18.6 Å². The molecule has 2 aliphatic rings. The van der Waals surface area contributed by atoms with E-state index in [1.54, 1.807) is 0 Å². The predicted octanol–water partition coefficient (Wildman–Crippen LogP) is 1.15. The molecular weight excluding hydrogens is 258 g/mol. The summed E-state index contributed by atoms with van der Waals surface area (Å²) >= 11 is 0. The normalized spacial score (nSPS) is 34.3. The Bertz CT molecular complexity index is 375. The highest BCUT2D eigenvalue weighted by atomic mass is 16.4. The Labute approximate surface area is 119 Å². The van der Waals surface area contributed by atoms with E-state index in [-0.39, 0.29) is 18.0 Å². The minimum absolute atomic E-state index is 0.0611. The number of hydrogen-bond acceptors (Lipinski definition) is 3. The molecule has 0 aromatic carbocycles. The van der Waals surface area contributed by atoms with E-state index in [9.17, 15) is 9.59 Å². The second-order valence-corrected chi connectivity index (χ2v) is 6.01. The van der Waals surface area contributed by atoms with Crippen LogP contribution in [0.4, 0.5) is 4.79 Å². The highest BCUT2D eigenvalue weighted by Crippen LogP contribution is 2.33. The number of hydrogen-bond donors (Lipinski definition) is 3. The van der Waals surface area contributed by atoms with Crippen molar-refractivity contribution in [2.75, 3.05) is 6.54 Å². The van der Waals surface area contributed by atoms with Crippen LogP contribution in [-0.2, 0) is 4.79 Å². The van der Waals surface area contributed by atoms with Crippen LogP contribution in [0.25, 0.3) is 0 Å². The van der Waals surface area contributed by atoms with Crippen molar-refractivity contribution in [2.24, 2.45) is 11.7 Å². The fraction of sp³-hybridized carbons (Fsp3) is 0.857. The molecule has 0 unspecified atom stereocenters. The molecule has 0 spiro atoms. The van der Waals surface area contributed by atoms with Crippen molar-refractivity contribution in [2.45, 2.75) is 63.6 Å². The summed E-state index contributed by atoms with van der Waals surface area (Å²) in [5.74, 6) is 0.394. The van der Waals surface area contributed by atoms with E-state index in [1.165, 1.54) is 0 Å². The lowest BCUT2D eigenvalue weighted by molar-refractivity contribution is -0.133. The quantitative estimate of drug-likeness (QED) is 0.721. The van der Waals surface area contributed by atoms with Crippen molar-refractivity contribution >= 4 is 12.0 Å². The van der Waals surface area contributed by atoms with Crippen LogP contribution < -0.4 is 11.1 Å². The standard InChI is InChI=1S/C14H25N3O3/c1-2-3-9-8-10(15)4-5-12(9)17-7-6-11(13(17)18)16-14(19)20/h9-12,16H,2-8,15H2,1H3,(H,19,20)/t9-,10-,11+,12+/m1/s1. The molecule has 0 aromatic rings. The average molecular weight is 283 g/mol. The van der Waals surface area contributed by atoms with Crippen molar-refractivity contribution in [3.63, 3.8) is 0 Å². The molecule has 2 rings (SSSR count). The Balaban J connectivity index is 2.02. The molecule has 114 valence electrons. The molecule has 1 aliphatic heterocycles. The number of carboxylic acid groups (broad SMARTS) is 1. The van der Waals surface area contributed by atoms with Crippen LogP contribution in [0.2, 0.25) is 0 Å². The molecule has 1 heterocycles. The lowest BCUT2D eigenvalue weighted by Crippen LogP contribution is -2.50. The number of carbonyl (C=O) groups excluding carboxylic acids is 1. The molecular formula is C14H25N3O3. The number of carbonyl (C=O) groups is 2. The Hall–Kier alpha value is -1.30. The van der Waals surface area contributed by atoms with Crippen molar-refractivity contribution < 1.29 is 14.7 Å². The second kappa shape index (κ2) is 6.43. The molecule has 0 aromatic heterocycles. The number of amides is 2. The first-order valence-corrected chi connectivity index (χ1v) is 7.58. The molecule has 0 bridgehead atoms. The number of rotatable bonds is 4. The number of nitrogens with one attached hydrogen (secondary N) is 1. The summed E-state index contributed by atoms with van der Waals surface area (Å²) < 4.78 is 0. The smallest absolute Gasteiger partial charge is 0.405 e. The molecule has 6 nitrogen and oxygen atoms in total. The highest BCUT2D eigenvalue weighted by molar-refractivity contribution is 5.87. The maximum atomic E-state index is 12.3. The number of likely N-dealkylation sites (tertiary alicyclic amines) is 1. The van der Waals surface area contributed by atoms with Gasteiger partial charge in [0.2, 0.25) is 5.91 Å². The van der Waals surface area contributed by atoms with Gasteiger partial charge in [-0.3, -0.25) is 4.79 Å². The first-order chi connectivity index (χ1) is 9.52. The van der Waals surface area contributed by atoms with Gasteiger partial charge >= 0.3 is 6.09 Å². The summed E-state index contributed by atoms with van der Waals surface area (Å²) in [6.07, 6.45) is 4.49. The van der Waals surface area contributed by atoms with Crippen molar-refractivity contribution in [1.29, 1.82) is 0 Å². The molecule has 4 N–H and O–H groups in total. The van der Waals surface area contributed by atoms with E-state index in [4.69, 9.17) is 10.8 Å². The largest absolute Gasteiger partial charge is 0.465 e. The third-order valence-corrected chi connectivity index (χ3v) is 4.58. The fourth-order valence-corrected chi connectivity index (χ4v) is 3.69. The third-order valence-electron chi connectivity index (χ3n) is 4.58. The molecule has 6 heteroatoms. The average Bonchev–Trinajstić information content (AvgIpc) is 2.71. The second-order valence-electron chi connectivity index (χ2n) is 6.01. The first-order valence-electron chi connectivity index (χ1n) is 7.58. The van der Waals surface area contributed by atoms with Gasteiger partial charge in [-0.2, -0.15) is 0 Å². The Kier molecular flexibility index (Phi) is 4.86. The van der Waals surface area contributed by atoms with E-state index in [0.29, 0.717) is 18.9 Å². The van der Waals surface area contributed by atoms with Gasteiger partial charge in [-0.05, 0) is 38.0 Å². The maximum absolute atomic E-state index is 12.3. The van der Waals surface area contributed by atoms with Crippen molar-refractivity contribution in [3.8, 4) is 0 Å². The van der Waals surface area contributed by atoms with E-state index in [1.807, 2.05) is 4.90 Å². The zero-order valence-corrected chi connectivity index (χ0v) is 12.0. The first kappa shape index (κ1) is 15.1. The minimum Gasteiger partial charge on any atom is -0.465 e. The van der Waals surface area contributed by atoms with Crippen LogP contribution in [-0.4, -0.2) is 46.7 Å². The maximum Gasteiger partial charge on any atom is 0.405 e. The van der Waals surface area contributed by atoms with Gasteiger partial charge < -0.3 is 21.1 Å². The Morgan fingerprint density at radius 3 is 2.85 bits per heavy atom. The summed E-state index contributed by atoms with van der Waals surface area (Å²) in [4.78, 5) is 24.9. The van der Waals surface area contributed by atoms with Crippen LogP contribution in [0, 0.1) is 5.92 Å².